The zero-order valence-corrected chi connectivity index (χ0v) is 24.5. The maximum absolute atomic E-state index is 13.6. The molecular weight excluding hydrogens is 546 g/mol. The third kappa shape index (κ3) is 4.96. The van der Waals surface area contributed by atoms with Crippen molar-refractivity contribution in [2.24, 2.45) is 13.0 Å². The average Bonchev–Trinajstić information content (AvgIpc) is 3.66. The lowest BCUT2D eigenvalue weighted by Crippen LogP contribution is -2.53. The highest BCUT2D eigenvalue weighted by atomic mass is 35.5. The molecule has 2 fully saturated rings. The number of benzene rings is 2. The van der Waals surface area contributed by atoms with Gasteiger partial charge in [0.1, 0.15) is 11.4 Å². The number of rotatable bonds is 7. The Bertz CT molecular complexity index is 1550. The van der Waals surface area contributed by atoms with E-state index in [0.717, 1.165) is 71.3 Å². The third-order valence-corrected chi connectivity index (χ3v) is 10.0. The van der Waals surface area contributed by atoms with E-state index in [4.69, 9.17) is 20.9 Å². The molecule has 2 unspecified atom stereocenters. The number of ketones is 1. The first-order valence-electron chi connectivity index (χ1n) is 13.8. The Morgan fingerprint density at radius 2 is 1.85 bits per heavy atom. The Morgan fingerprint density at radius 1 is 1.10 bits per heavy atom. The van der Waals surface area contributed by atoms with Gasteiger partial charge in [-0.2, -0.15) is 0 Å². The van der Waals surface area contributed by atoms with Gasteiger partial charge in [-0.15, -0.1) is 0 Å². The van der Waals surface area contributed by atoms with Crippen LogP contribution < -0.4 is 0 Å². The van der Waals surface area contributed by atoms with Crippen molar-refractivity contribution in [3.63, 3.8) is 0 Å². The molecule has 3 heterocycles. The van der Waals surface area contributed by atoms with Crippen molar-refractivity contribution in [1.29, 1.82) is 0 Å². The van der Waals surface area contributed by atoms with Crippen molar-refractivity contribution >= 4 is 46.1 Å². The van der Waals surface area contributed by atoms with E-state index >= 15 is 0 Å². The van der Waals surface area contributed by atoms with Gasteiger partial charge >= 0.3 is 5.97 Å². The van der Waals surface area contributed by atoms with Gasteiger partial charge in [-0.1, -0.05) is 65.6 Å². The number of aromatic nitrogens is 3. The molecule has 4 aromatic rings. The van der Waals surface area contributed by atoms with Gasteiger partial charge in [0.15, 0.2) is 16.2 Å². The number of esters is 1. The summed E-state index contributed by atoms with van der Waals surface area (Å²) in [7, 11) is 1.88. The summed E-state index contributed by atoms with van der Waals surface area (Å²) in [5.41, 5.74) is 4.96. The van der Waals surface area contributed by atoms with Crippen LogP contribution in [0.2, 0.25) is 5.02 Å². The van der Waals surface area contributed by atoms with Crippen LogP contribution in [0.1, 0.15) is 55.5 Å². The Hall–Kier alpha value is -3.10. The lowest BCUT2D eigenvalue weighted by Gasteiger charge is -2.42. The van der Waals surface area contributed by atoms with Crippen LogP contribution in [0.25, 0.3) is 22.2 Å². The number of carbonyl (C=O) groups is 2. The summed E-state index contributed by atoms with van der Waals surface area (Å²) >= 11 is 7.31. The largest absolute Gasteiger partial charge is 0.457 e. The monoisotopic (exact) mass is 577 g/mol. The molecule has 2 aromatic heterocycles. The maximum Gasteiger partial charge on any atom is 0.327 e. The summed E-state index contributed by atoms with van der Waals surface area (Å²) < 4.78 is 13.5. The van der Waals surface area contributed by atoms with Crippen LogP contribution in [0.3, 0.4) is 0 Å². The topological polar surface area (TPSA) is 87.2 Å². The lowest BCUT2D eigenvalue weighted by atomic mass is 9.76. The predicted molar refractivity (Wildman–Crippen MR) is 156 cm³/mol. The minimum atomic E-state index is -0.921. The Kier molecular flexibility index (Phi) is 7.25. The highest BCUT2D eigenvalue weighted by molar-refractivity contribution is 8.01. The van der Waals surface area contributed by atoms with Crippen molar-refractivity contribution < 1.29 is 18.8 Å². The third-order valence-electron chi connectivity index (χ3n) is 8.52. The molecule has 40 heavy (non-hydrogen) atoms. The second kappa shape index (κ2) is 10.7. The highest BCUT2D eigenvalue weighted by Gasteiger charge is 2.52. The fourth-order valence-corrected chi connectivity index (χ4v) is 7.54. The Morgan fingerprint density at radius 3 is 2.52 bits per heavy atom. The number of imidazole rings is 1. The van der Waals surface area contributed by atoms with E-state index in [1.165, 1.54) is 11.8 Å². The van der Waals surface area contributed by atoms with E-state index in [2.05, 4.69) is 34.4 Å². The number of nitrogens with zero attached hydrogens (tertiary/aromatic N) is 3. The van der Waals surface area contributed by atoms with Gasteiger partial charge in [-0.05, 0) is 74.8 Å². The van der Waals surface area contributed by atoms with Gasteiger partial charge in [0, 0.05) is 24.1 Å². The molecule has 1 saturated carbocycles. The number of ether oxygens (including phenoxy) is 1. The van der Waals surface area contributed by atoms with Crippen molar-refractivity contribution in [2.45, 2.75) is 74.8 Å². The van der Waals surface area contributed by atoms with Crippen LogP contribution in [0.4, 0.5) is 0 Å². The number of halogens is 1. The van der Waals surface area contributed by atoms with Crippen molar-refractivity contribution in [1.82, 2.24) is 14.7 Å². The molecule has 2 atom stereocenters. The van der Waals surface area contributed by atoms with Crippen molar-refractivity contribution in [2.75, 3.05) is 0 Å². The Labute approximate surface area is 242 Å². The molecule has 9 heteroatoms. The van der Waals surface area contributed by atoms with Crippen LogP contribution in [0.5, 0.6) is 0 Å². The van der Waals surface area contributed by atoms with Gasteiger partial charge < -0.3 is 13.8 Å². The molecule has 0 radical (unpaired) electrons. The molecular formula is C31H32ClN3O4S. The van der Waals surface area contributed by atoms with Crippen LogP contribution in [-0.2, 0) is 27.8 Å². The SMILES string of the molecule is Cc1noc(C)c1-c1ccc(CCC2(C3CCCC3)CC(=O)C(Sc3nc4cc(Cl)ccc4n3C)C(=O)O2)cc1. The number of cyclic esters (lactones) is 1. The molecule has 1 aliphatic heterocycles. The molecule has 208 valence electrons. The standard InChI is InChI=1S/C31H32ClN3O4S/c1-18-27(19(2)39-34-18)21-10-8-20(9-11-21)14-15-31(22-6-4-5-7-22)17-26(36)28(29(37)38-31)40-30-33-24-16-23(32)12-13-25(24)35(30)3/h8-13,16,22,28H,4-7,14-15,17H2,1-3H3. The molecule has 6 rings (SSSR count). The number of Topliss-reactive ketones (excluding diaryl/α,β-unsaturated/α-hetero) is 1. The fraction of sp³-hybridized carbons (Fsp3) is 0.419. The lowest BCUT2D eigenvalue weighted by molar-refractivity contribution is -0.177. The normalized spacial score (nSPS) is 21.9. The zero-order chi connectivity index (χ0) is 28.0. The van der Waals surface area contributed by atoms with Crippen LogP contribution in [0, 0.1) is 19.8 Å². The van der Waals surface area contributed by atoms with Crippen molar-refractivity contribution in [3.8, 4) is 11.1 Å². The van der Waals surface area contributed by atoms with Crippen molar-refractivity contribution in [3.05, 3.63) is 64.5 Å². The van der Waals surface area contributed by atoms with E-state index in [1.807, 2.05) is 31.5 Å². The van der Waals surface area contributed by atoms with Gasteiger partial charge in [0.2, 0.25) is 0 Å². The maximum atomic E-state index is 13.6. The van der Waals surface area contributed by atoms with Gasteiger partial charge in [0.25, 0.3) is 0 Å². The van der Waals surface area contributed by atoms with E-state index < -0.39 is 16.8 Å². The summed E-state index contributed by atoms with van der Waals surface area (Å²) in [5.74, 6) is 0.470. The smallest absolute Gasteiger partial charge is 0.327 e. The number of carbonyl (C=O) groups excluding carboxylic acids is 2. The number of aryl methyl sites for hydroxylation is 4. The van der Waals surface area contributed by atoms with Gasteiger partial charge in [-0.25, -0.2) is 4.98 Å². The minimum absolute atomic E-state index is 0.0769. The van der Waals surface area contributed by atoms with E-state index in [9.17, 15) is 9.59 Å². The van der Waals surface area contributed by atoms with E-state index in [-0.39, 0.29) is 18.1 Å². The van der Waals surface area contributed by atoms with E-state index in [1.54, 1.807) is 12.1 Å². The van der Waals surface area contributed by atoms with Crippen LogP contribution in [0.15, 0.2) is 52.1 Å². The summed E-state index contributed by atoms with van der Waals surface area (Å²) in [6.07, 6.45) is 5.76. The quantitative estimate of drug-likeness (QED) is 0.172. The highest BCUT2D eigenvalue weighted by Crippen LogP contribution is 2.46. The number of hydrogen-bond acceptors (Lipinski definition) is 7. The number of fused-ring (bicyclic) bond motifs is 1. The molecule has 1 aliphatic carbocycles. The summed E-state index contributed by atoms with van der Waals surface area (Å²) in [6.45, 7) is 3.86. The van der Waals surface area contributed by atoms with Crippen LogP contribution in [-0.4, -0.2) is 37.3 Å². The molecule has 0 N–H and O–H groups in total. The van der Waals surface area contributed by atoms with Gasteiger partial charge in [0.05, 0.1) is 16.7 Å². The first-order chi connectivity index (χ1) is 19.2. The zero-order valence-electron chi connectivity index (χ0n) is 22.9. The summed E-state index contributed by atoms with van der Waals surface area (Å²) in [4.78, 5) is 31.7. The number of thioether (sulfide) groups is 1. The molecule has 0 amide bonds. The first kappa shape index (κ1) is 27.1. The van der Waals surface area contributed by atoms with Crippen LogP contribution >= 0.6 is 23.4 Å². The predicted octanol–water partition coefficient (Wildman–Crippen LogP) is 7.04. The van der Waals surface area contributed by atoms with Gasteiger partial charge in [-0.3, -0.25) is 9.59 Å². The molecule has 0 spiro atoms. The van der Waals surface area contributed by atoms with E-state index in [0.29, 0.717) is 16.6 Å². The molecule has 2 aliphatic rings. The second-order valence-corrected chi connectivity index (χ2v) is 12.6. The second-order valence-electron chi connectivity index (χ2n) is 11.1. The summed E-state index contributed by atoms with van der Waals surface area (Å²) in [6, 6.07) is 13.9. The minimum Gasteiger partial charge on any atom is -0.457 e. The average molecular weight is 578 g/mol. The molecule has 0 bridgehead atoms. The molecule has 1 saturated heterocycles. The first-order valence-corrected chi connectivity index (χ1v) is 15.1. The Balaban J connectivity index is 1.20. The molecule has 2 aromatic carbocycles. The fourth-order valence-electron chi connectivity index (χ4n) is 6.40. The molecule has 7 nitrogen and oxygen atoms in total. The summed E-state index contributed by atoms with van der Waals surface area (Å²) in [5, 5.41) is 4.33. The number of hydrogen-bond donors (Lipinski definition) is 0.